The van der Waals surface area contributed by atoms with Crippen LogP contribution in [0.1, 0.15) is 6.92 Å². The first kappa shape index (κ1) is 19.7. The summed E-state index contributed by atoms with van der Waals surface area (Å²) in [7, 11) is 0. The molecule has 1 fully saturated rings. The summed E-state index contributed by atoms with van der Waals surface area (Å²) in [6, 6.07) is 16.9. The second-order valence-electron chi connectivity index (χ2n) is 6.71. The van der Waals surface area contributed by atoms with Crippen molar-refractivity contribution in [1.82, 2.24) is 9.80 Å². The Balaban J connectivity index is 1.39. The number of hydrogen-bond acceptors (Lipinski definition) is 4. The molecule has 0 radical (unpaired) electrons. The molecule has 1 aliphatic heterocycles. The Morgan fingerprint density at radius 3 is 2.56 bits per heavy atom. The maximum atomic E-state index is 12.5. The SMILES string of the molecule is CC(C(=O)Nc1cccc(Cl)c1)N1CCN(CCOc2ccccc2)CC1. The van der Waals surface area contributed by atoms with E-state index in [1.807, 2.05) is 49.4 Å². The van der Waals surface area contributed by atoms with Gasteiger partial charge in [-0.25, -0.2) is 0 Å². The van der Waals surface area contributed by atoms with Crippen LogP contribution >= 0.6 is 11.6 Å². The fourth-order valence-corrected chi connectivity index (χ4v) is 3.35. The standard InChI is InChI=1S/C21H26ClN3O2/c1-17(21(26)23-19-7-5-6-18(22)16-19)25-12-10-24(11-13-25)14-15-27-20-8-3-2-4-9-20/h2-9,16-17H,10-15H2,1H3,(H,23,26). The number of amides is 1. The molecule has 1 heterocycles. The number of ether oxygens (including phenoxy) is 1. The number of anilines is 1. The lowest BCUT2D eigenvalue weighted by atomic mass is 10.2. The molecular weight excluding hydrogens is 362 g/mol. The van der Waals surface area contributed by atoms with Gasteiger partial charge in [0.05, 0.1) is 6.04 Å². The molecular formula is C21H26ClN3O2. The molecule has 0 aromatic heterocycles. The number of para-hydroxylation sites is 1. The van der Waals surface area contributed by atoms with E-state index in [0.29, 0.717) is 11.6 Å². The Bertz CT molecular complexity index is 733. The number of carbonyl (C=O) groups is 1. The van der Waals surface area contributed by atoms with Crippen molar-refractivity contribution in [1.29, 1.82) is 0 Å². The van der Waals surface area contributed by atoms with Gasteiger partial charge in [0.15, 0.2) is 0 Å². The zero-order chi connectivity index (χ0) is 19.1. The first-order chi connectivity index (χ1) is 13.1. The Morgan fingerprint density at radius 1 is 1.11 bits per heavy atom. The molecule has 1 N–H and O–H groups in total. The topological polar surface area (TPSA) is 44.8 Å². The monoisotopic (exact) mass is 387 g/mol. The molecule has 1 saturated heterocycles. The summed E-state index contributed by atoms with van der Waals surface area (Å²) < 4.78 is 5.77. The van der Waals surface area contributed by atoms with E-state index in [1.54, 1.807) is 12.1 Å². The van der Waals surface area contributed by atoms with Crippen molar-refractivity contribution >= 4 is 23.2 Å². The van der Waals surface area contributed by atoms with Crippen molar-refractivity contribution in [2.45, 2.75) is 13.0 Å². The van der Waals surface area contributed by atoms with E-state index < -0.39 is 0 Å². The van der Waals surface area contributed by atoms with Crippen LogP contribution in [0, 0.1) is 0 Å². The smallest absolute Gasteiger partial charge is 0.241 e. The van der Waals surface area contributed by atoms with E-state index in [1.165, 1.54) is 0 Å². The Morgan fingerprint density at radius 2 is 1.85 bits per heavy atom. The van der Waals surface area contributed by atoms with E-state index in [4.69, 9.17) is 16.3 Å². The first-order valence-electron chi connectivity index (χ1n) is 9.32. The van der Waals surface area contributed by atoms with E-state index >= 15 is 0 Å². The summed E-state index contributed by atoms with van der Waals surface area (Å²) >= 11 is 5.98. The molecule has 2 aromatic rings. The largest absolute Gasteiger partial charge is 0.492 e. The Labute approximate surface area is 165 Å². The third-order valence-corrected chi connectivity index (χ3v) is 5.08. The van der Waals surface area contributed by atoms with Crippen LogP contribution < -0.4 is 10.1 Å². The summed E-state index contributed by atoms with van der Waals surface area (Å²) in [6.45, 7) is 7.14. The average molecular weight is 388 g/mol. The number of nitrogens with zero attached hydrogens (tertiary/aromatic N) is 2. The summed E-state index contributed by atoms with van der Waals surface area (Å²) in [6.07, 6.45) is 0. The minimum absolute atomic E-state index is 0.00173. The van der Waals surface area contributed by atoms with Gasteiger partial charge in [-0.15, -0.1) is 0 Å². The van der Waals surface area contributed by atoms with Crippen LogP contribution in [0.5, 0.6) is 5.75 Å². The van der Waals surface area contributed by atoms with Crippen molar-refractivity contribution in [3.63, 3.8) is 0 Å². The van der Waals surface area contributed by atoms with E-state index in [-0.39, 0.29) is 11.9 Å². The second-order valence-corrected chi connectivity index (χ2v) is 7.15. The summed E-state index contributed by atoms with van der Waals surface area (Å²) in [5, 5.41) is 3.56. The third-order valence-electron chi connectivity index (χ3n) is 4.85. The normalized spacial score (nSPS) is 16.7. The van der Waals surface area contributed by atoms with E-state index in [2.05, 4.69) is 15.1 Å². The van der Waals surface area contributed by atoms with Crippen LogP contribution in [-0.4, -0.2) is 61.1 Å². The van der Waals surface area contributed by atoms with Gasteiger partial charge in [-0.05, 0) is 37.3 Å². The molecule has 0 bridgehead atoms. The van der Waals surface area contributed by atoms with Crippen molar-refractivity contribution in [2.24, 2.45) is 0 Å². The minimum Gasteiger partial charge on any atom is -0.492 e. The van der Waals surface area contributed by atoms with E-state index in [9.17, 15) is 4.79 Å². The van der Waals surface area contributed by atoms with Crippen molar-refractivity contribution in [3.05, 3.63) is 59.6 Å². The van der Waals surface area contributed by atoms with Crippen LogP contribution in [0.2, 0.25) is 5.02 Å². The van der Waals surface area contributed by atoms with Crippen molar-refractivity contribution in [2.75, 3.05) is 44.6 Å². The maximum Gasteiger partial charge on any atom is 0.241 e. The van der Waals surface area contributed by atoms with E-state index in [0.717, 1.165) is 44.2 Å². The van der Waals surface area contributed by atoms with Gasteiger partial charge in [-0.1, -0.05) is 35.9 Å². The molecule has 2 aromatic carbocycles. The highest BCUT2D eigenvalue weighted by Crippen LogP contribution is 2.16. The van der Waals surface area contributed by atoms with Gasteiger partial charge in [-0.3, -0.25) is 14.6 Å². The molecule has 1 atom stereocenters. The second kappa shape index (κ2) is 9.74. The van der Waals surface area contributed by atoms with Crippen LogP contribution in [-0.2, 0) is 4.79 Å². The zero-order valence-corrected chi connectivity index (χ0v) is 16.4. The lowest BCUT2D eigenvalue weighted by molar-refractivity contribution is -0.121. The molecule has 0 spiro atoms. The molecule has 5 nitrogen and oxygen atoms in total. The summed E-state index contributed by atoms with van der Waals surface area (Å²) in [5.41, 5.74) is 0.732. The third kappa shape index (κ3) is 5.96. The number of benzene rings is 2. The molecule has 1 amide bonds. The predicted octanol–water partition coefficient (Wildman–Crippen LogP) is 3.36. The Kier molecular flexibility index (Phi) is 7.10. The van der Waals surface area contributed by atoms with Gasteiger partial charge in [0.2, 0.25) is 5.91 Å². The predicted molar refractivity (Wildman–Crippen MR) is 109 cm³/mol. The van der Waals surface area contributed by atoms with Gasteiger partial charge in [0.25, 0.3) is 0 Å². The molecule has 3 rings (SSSR count). The number of rotatable bonds is 7. The molecule has 1 aliphatic rings. The summed E-state index contributed by atoms with van der Waals surface area (Å²) in [5.74, 6) is 0.903. The van der Waals surface area contributed by atoms with Gasteiger partial charge >= 0.3 is 0 Å². The first-order valence-corrected chi connectivity index (χ1v) is 9.70. The molecule has 1 unspecified atom stereocenters. The fourth-order valence-electron chi connectivity index (χ4n) is 3.16. The maximum absolute atomic E-state index is 12.5. The minimum atomic E-state index is -0.174. The van der Waals surface area contributed by atoms with Crippen LogP contribution in [0.15, 0.2) is 54.6 Å². The van der Waals surface area contributed by atoms with Gasteiger partial charge < -0.3 is 10.1 Å². The highest BCUT2D eigenvalue weighted by molar-refractivity contribution is 6.30. The van der Waals surface area contributed by atoms with Crippen molar-refractivity contribution in [3.8, 4) is 5.75 Å². The lowest BCUT2D eigenvalue weighted by Gasteiger charge is -2.37. The van der Waals surface area contributed by atoms with Crippen molar-refractivity contribution < 1.29 is 9.53 Å². The molecule has 6 heteroatoms. The Hall–Kier alpha value is -2.08. The number of nitrogens with one attached hydrogen (secondary N) is 1. The number of carbonyl (C=O) groups excluding carboxylic acids is 1. The van der Waals surface area contributed by atoms with Crippen LogP contribution in [0.25, 0.3) is 0 Å². The van der Waals surface area contributed by atoms with Crippen LogP contribution in [0.4, 0.5) is 5.69 Å². The number of hydrogen-bond donors (Lipinski definition) is 1. The average Bonchev–Trinajstić information content (AvgIpc) is 2.69. The number of piperazine rings is 1. The molecule has 0 aliphatic carbocycles. The fraction of sp³-hybridized carbons (Fsp3) is 0.381. The molecule has 27 heavy (non-hydrogen) atoms. The highest BCUT2D eigenvalue weighted by atomic mass is 35.5. The van der Waals surface area contributed by atoms with Gasteiger partial charge in [-0.2, -0.15) is 0 Å². The quantitative estimate of drug-likeness (QED) is 0.791. The number of halogens is 1. The molecule has 0 saturated carbocycles. The highest BCUT2D eigenvalue weighted by Gasteiger charge is 2.25. The summed E-state index contributed by atoms with van der Waals surface area (Å²) in [4.78, 5) is 17.1. The van der Waals surface area contributed by atoms with Gasteiger partial charge in [0.1, 0.15) is 12.4 Å². The molecule has 144 valence electrons. The zero-order valence-electron chi connectivity index (χ0n) is 15.6. The lowest BCUT2D eigenvalue weighted by Crippen LogP contribution is -2.53. The van der Waals surface area contributed by atoms with Crippen LogP contribution in [0.3, 0.4) is 0 Å². The van der Waals surface area contributed by atoms with Gasteiger partial charge in [0, 0.05) is 43.4 Å².